The van der Waals surface area contributed by atoms with Crippen molar-refractivity contribution in [3.63, 3.8) is 0 Å². The summed E-state index contributed by atoms with van der Waals surface area (Å²) in [4.78, 5) is 8.81. The van der Waals surface area contributed by atoms with Crippen LogP contribution in [0.25, 0.3) is 10.7 Å². The topological polar surface area (TPSA) is 25.8 Å². The minimum atomic E-state index is 0.490. The maximum absolute atomic E-state index is 4.54. The predicted octanol–water partition coefficient (Wildman–Crippen LogP) is 3.33. The second-order valence-corrected chi connectivity index (χ2v) is 4.31. The predicted molar refractivity (Wildman–Crippen MR) is 59.4 cm³/mol. The third-order valence-corrected chi connectivity index (χ3v) is 2.88. The molecule has 0 radical (unpaired) electrons. The first kappa shape index (κ1) is 9.34. The molecule has 2 rings (SSSR count). The van der Waals surface area contributed by atoms with Gasteiger partial charge in [0.15, 0.2) is 0 Å². The van der Waals surface area contributed by atoms with Crippen LogP contribution < -0.4 is 0 Å². The van der Waals surface area contributed by atoms with Crippen LogP contribution in [0.15, 0.2) is 29.8 Å². The van der Waals surface area contributed by atoms with Crippen molar-refractivity contribution in [1.29, 1.82) is 0 Å². The molecule has 0 aliphatic rings. The molecule has 14 heavy (non-hydrogen) atoms. The monoisotopic (exact) mass is 204 g/mol. The van der Waals surface area contributed by atoms with Crippen LogP contribution in [0.1, 0.15) is 25.5 Å². The molecule has 2 aromatic rings. The molecule has 0 atom stereocenters. The molecule has 0 saturated carbocycles. The Morgan fingerprint density at radius 3 is 2.71 bits per heavy atom. The lowest BCUT2D eigenvalue weighted by atomic mass is 10.2. The maximum Gasteiger partial charge on any atom is 0.142 e. The Bertz CT molecular complexity index is 406. The van der Waals surface area contributed by atoms with Crippen molar-refractivity contribution in [3.05, 3.63) is 35.5 Å². The highest BCUT2D eigenvalue weighted by Crippen LogP contribution is 2.24. The van der Waals surface area contributed by atoms with E-state index in [4.69, 9.17) is 0 Å². The van der Waals surface area contributed by atoms with E-state index in [9.17, 15) is 0 Å². The summed E-state index contributed by atoms with van der Waals surface area (Å²) < 4.78 is 0. The molecular weight excluding hydrogens is 192 g/mol. The highest BCUT2D eigenvalue weighted by atomic mass is 32.1. The van der Waals surface area contributed by atoms with E-state index in [1.165, 1.54) is 0 Å². The molecule has 2 nitrogen and oxygen atoms in total. The minimum absolute atomic E-state index is 0.490. The largest absolute Gasteiger partial charge is 0.254 e. The van der Waals surface area contributed by atoms with Gasteiger partial charge in [0, 0.05) is 11.6 Å². The van der Waals surface area contributed by atoms with Gasteiger partial charge in [-0.2, -0.15) is 0 Å². The van der Waals surface area contributed by atoms with Gasteiger partial charge in [0.05, 0.1) is 11.4 Å². The number of pyridine rings is 1. The van der Waals surface area contributed by atoms with E-state index in [1.807, 2.05) is 18.2 Å². The molecule has 2 heterocycles. The molecule has 0 spiro atoms. The highest BCUT2D eigenvalue weighted by Gasteiger charge is 2.07. The number of hydrogen-bond acceptors (Lipinski definition) is 3. The minimum Gasteiger partial charge on any atom is -0.254 e. The second kappa shape index (κ2) is 3.88. The van der Waals surface area contributed by atoms with Gasteiger partial charge < -0.3 is 0 Å². The van der Waals surface area contributed by atoms with E-state index in [-0.39, 0.29) is 0 Å². The van der Waals surface area contributed by atoms with Crippen LogP contribution >= 0.6 is 11.3 Å². The van der Waals surface area contributed by atoms with Crippen LogP contribution in [0.3, 0.4) is 0 Å². The third kappa shape index (κ3) is 1.82. The van der Waals surface area contributed by atoms with Gasteiger partial charge in [-0.25, -0.2) is 4.98 Å². The fourth-order valence-electron chi connectivity index (χ4n) is 1.16. The Morgan fingerprint density at radius 2 is 2.14 bits per heavy atom. The lowest BCUT2D eigenvalue weighted by molar-refractivity contribution is 0.834. The molecule has 0 N–H and O–H groups in total. The van der Waals surface area contributed by atoms with Gasteiger partial charge in [0.25, 0.3) is 0 Å². The van der Waals surface area contributed by atoms with Gasteiger partial charge in [-0.05, 0) is 18.1 Å². The molecule has 0 fully saturated rings. The van der Waals surface area contributed by atoms with Crippen molar-refractivity contribution in [2.45, 2.75) is 19.8 Å². The highest BCUT2D eigenvalue weighted by molar-refractivity contribution is 7.13. The smallest absolute Gasteiger partial charge is 0.142 e. The quantitative estimate of drug-likeness (QED) is 0.750. The van der Waals surface area contributed by atoms with Crippen molar-refractivity contribution in [3.8, 4) is 10.7 Å². The summed E-state index contributed by atoms with van der Waals surface area (Å²) in [5, 5.41) is 3.11. The first-order valence-electron chi connectivity index (χ1n) is 4.64. The van der Waals surface area contributed by atoms with E-state index in [1.54, 1.807) is 17.5 Å². The summed E-state index contributed by atoms with van der Waals surface area (Å²) in [5.74, 6) is 0.490. The standard InChI is InChI=1S/C11H12N2S/c1-8(2)10-7-14-11(13-10)9-5-3-4-6-12-9/h3-8H,1-2H3. The zero-order chi connectivity index (χ0) is 9.97. The van der Waals surface area contributed by atoms with Gasteiger partial charge in [-0.1, -0.05) is 19.9 Å². The molecule has 0 amide bonds. The number of thiazole rings is 1. The molecule has 0 saturated heterocycles. The maximum atomic E-state index is 4.54. The van der Waals surface area contributed by atoms with Crippen LogP contribution in [-0.2, 0) is 0 Å². The third-order valence-electron chi connectivity index (χ3n) is 2.00. The van der Waals surface area contributed by atoms with E-state index in [0.29, 0.717) is 5.92 Å². The van der Waals surface area contributed by atoms with Gasteiger partial charge in [-0.15, -0.1) is 11.3 Å². The van der Waals surface area contributed by atoms with Crippen molar-refractivity contribution >= 4 is 11.3 Å². The molecule has 0 aliphatic carbocycles. The SMILES string of the molecule is CC(C)c1csc(-c2ccccn2)n1. The van der Waals surface area contributed by atoms with Crippen molar-refractivity contribution < 1.29 is 0 Å². The average molecular weight is 204 g/mol. The van der Waals surface area contributed by atoms with Gasteiger partial charge in [-0.3, -0.25) is 4.98 Å². The fraction of sp³-hybridized carbons (Fsp3) is 0.273. The summed E-state index contributed by atoms with van der Waals surface area (Å²) in [5.41, 5.74) is 2.11. The van der Waals surface area contributed by atoms with Crippen LogP contribution in [-0.4, -0.2) is 9.97 Å². The average Bonchev–Trinajstić information content (AvgIpc) is 2.68. The number of aromatic nitrogens is 2. The lowest BCUT2D eigenvalue weighted by Crippen LogP contribution is -1.87. The fourth-order valence-corrected chi connectivity index (χ4v) is 2.12. The summed E-state index contributed by atoms with van der Waals surface area (Å²) in [6, 6.07) is 5.89. The molecular formula is C11H12N2S. The summed E-state index contributed by atoms with van der Waals surface area (Å²) >= 11 is 1.66. The van der Waals surface area contributed by atoms with Crippen LogP contribution in [0.2, 0.25) is 0 Å². The Morgan fingerprint density at radius 1 is 1.29 bits per heavy atom. The van der Waals surface area contributed by atoms with E-state index in [2.05, 4.69) is 29.2 Å². The van der Waals surface area contributed by atoms with Gasteiger partial charge >= 0.3 is 0 Å². The first-order valence-corrected chi connectivity index (χ1v) is 5.52. The molecule has 0 aromatic carbocycles. The first-order chi connectivity index (χ1) is 6.77. The Hall–Kier alpha value is -1.22. The molecule has 72 valence electrons. The van der Waals surface area contributed by atoms with E-state index < -0.39 is 0 Å². The summed E-state index contributed by atoms with van der Waals surface area (Å²) in [6.45, 7) is 4.30. The molecule has 0 unspecified atom stereocenters. The number of hydrogen-bond donors (Lipinski definition) is 0. The number of rotatable bonds is 2. The van der Waals surface area contributed by atoms with Gasteiger partial charge in [0.1, 0.15) is 5.01 Å². The van der Waals surface area contributed by atoms with Crippen LogP contribution in [0, 0.1) is 0 Å². The molecule has 0 bridgehead atoms. The second-order valence-electron chi connectivity index (χ2n) is 3.45. The molecule has 0 aliphatic heterocycles. The zero-order valence-corrected chi connectivity index (χ0v) is 9.08. The lowest BCUT2D eigenvalue weighted by Gasteiger charge is -1.97. The van der Waals surface area contributed by atoms with Crippen molar-refractivity contribution in [2.24, 2.45) is 0 Å². The van der Waals surface area contributed by atoms with Crippen molar-refractivity contribution in [2.75, 3.05) is 0 Å². The van der Waals surface area contributed by atoms with E-state index >= 15 is 0 Å². The Labute approximate surface area is 87.7 Å². The zero-order valence-electron chi connectivity index (χ0n) is 8.27. The molecule has 3 heteroatoms. The normalized spacial score (nSPS) is 10.8. The van der Waals surface area contributed by atoms with Crippen LogP contribution in [0.4, 0.5) is 0 Å². The summed E-state index contributed by atoms with van der Waals surface area (Å²) in [6.07, 6.45) is 1.80. The van der Waals surface area contributed by atoms with Crippen molar-refractivity contribution in [1.82, 2.24) is 9.97 Å². The van der Waals surface area contributed by atoms with Crippen LogP contribution in [0.5, 0.6) is 0 Å². The summed E-state index contributed by atoms with van der Waals surface area (Å²) in [7, 11) is 0. The molecule has 2 aromatic heterocycles. The van der Waals surface area contributed by atoms with E-state index in [0.717, 1.165) is 16.4 Å². The number of nitrogens with zero attached hydrogens (tertiary/aromatic N) is 2. The van der Waals surface area contributed by atoms with Gasteiger partial charge in [0.2, 0.25) is 0 Å². The Kier molecular flexibility index (Phi) is 2.59. The Balaban J connectivity index is 2.34.